The van der Waals surface area contributed by atoms with E-state index in [1.54, 1.807) is 0 Å². The number of halogens is 1. The van der Waals surface area contributed by atoms with Crippen molar-refractivity contribution in [1.82, 2.24) is 0 Å². The van der Waals surface area contributed by atoms with Crippen molar-refractivity contribution in [2.45, 2.75) is 52.6 Å². The number of carbonyl (C=O) groups is 1. The lowest BCUT2D eigenvalue weighted by Gasteiger charge is -2.39. The quantitative estimate of drug-likeness (QED) is 0.249. The Bertz CT molecular complexity index is 1680. The molecule has 2 N–H and O–H groups in total. The van der Waals surface area contributed by atoms with Gasteiger partial charge < -0.3 is 10.5 Å². The Morgan fingerprint density at radius 1 is 1.10 bits per heavy atom. The van der Waals surface area contributed by atoms with Crippen LogP contribution in [0.1, 0.15) is 53.0 Å². The van der Waals surface area contributed by atoms with Crippen LogP contribution in [0.3, 0.4) is 0 Å². The highest BCUT2D eigenvalue weighted by atomic mass is 35.5. The number of Topliss-reactive ketones (excluding diaryl/α,β-unsaturated/α-hetero) is 1. The Labute approximate surface area is 243 Å². The molecule has 41 heavy (non-hydrogen) atoms. The number of hydrogen-bond donors (Lipinski definition) is 1. The Kier molecular flexibility index (Phi) is 7.57. The predicted octanol–water partition coefficient (Wildman–Crippen LogP) is 7.06. The zero-order valence-electron chi connectivity index (χ0n) is 23.0. The van der Waals surface area contributed by atoms with Gasteiger partial charge in [0.05, 0.1) is 22.5 Å². The highest BCUT2D eigenvalue weighted by Gasteiger charge is 2.42. The molecule has 8 nitrogen and oxygen atoms in total. The predicted molar refractivity (Wildman–Crippen MR) is 157 cm³/mol. The van der Waals surface area contributed by atoms with E-state index < -0.39 is 10.8 Å². The molecule has 5 rings (SSSR count). The first-order valence-electron chi connectivity index (χ1n) is 13.3. The van der Waals surface area contributed by atoms with Crippen LogP contribution >= 0.6 is 11.6 Å². The van der Waals surface area contributed by atoms with Gasteiger partial charge in [-0.2, -0.15) is 5.26 Å². The third-order valence-electron chi connectivity index (χ3n) is 7.74. The average molecular weight is 569 g/mol. The lowest BCUT2D eigenvalue weighted by Crippen LogP contribution is -2.39. The molecule has 0 amide bonds. The molecule has 1 unspecified atom stereocenters. The molecule has 0 saturated carbocycles. The van der Waals surface area contributed by atoms with Crippen molar-refractivity contribution < 1.29 is 14.5 Å². The van der Waals surface area contributed by atoms with Gasteiger partial charge in [0.1, 0.15) is 23.9 Å². The second-order valence-electron chi connectivity index (χ2n) is 10.4. The molecule has 0 radical (unpaired) electrons. The summed E-state index contributed by atoms with van der Waals surface area (Å²) in [5, 5.41) is 22.6. The monoisotopic (exact) mass is 568 g/mol. The smallest absolute Gasteiger partial charge is 0.294 e. The first kappa shape index (κ1) is 27.9. The molecule has 0 saturated heterocycles. The number of allylic oxidation sites excluding steroid dienone is 3. The van der Waals surface area contributed by atoms with E-state index in [0.29, 0.717) is 37.1 Å². The van der Waals surface area contributed by atoms with E-state index in [1.165, 1.54) is 23.1 Å². The summed E-state index contributed by atoms with van der Waals surface area (Å²) in [6.07, 6.45) is 1.36. The first-order valence-corrected chi connectivity index (χ1v) is 13.7. The second-order valence-corrected chi connectivity index (χ2v) is 10.9. The molecule has 0 spiro atoms. The van der Waals surface area contributed by atoms with Gasteiger partial charge in [-0.15, -0.1) is 0 Å². The lowest BCUT2D eigenvalue weighted by molar-refractivity contribution is -0.384. The molecule has 3 aromatic carbocycles. The van der Waals surface area contributed by atoms with E-state index in [9.17, 15) is 20.2 Å². The van der Waals surface area contributed by atoms with E-state index in [1.807, 2.05) is 57.2 Å². The van der Waals surface area contributed by atoms with Crippen molar-refractivity contribution in [3.05, 3.63) is 120 Å². The van der Waals surface area contributed by atoms with Gasteiger partial charge in [0.25, 0.3) is 5.69 Å². The zero-order valence-corrected chi connectivity index (χ0v) is 23.8. The van der Waals surface area contributed by atoms with Gasteiger partial charge in [0.15, 0.2) is 5.78 Å². The topological polar surface area (TPSA) is 122 Å². The lowest BCUT2D eigenvalue weighted by atomic mass is 9.74. The molecule has 9 heteroatoms. The van der Waals surface area contributed by atoms with Crippen LogP contribution in [0.2, 0.25) is 5.02 Å². The molecule has 1 heterocycles. The number of nitro benzene ring substituents is 1. The molecule has 1 aliphatic carbocycles. The summed E-state index contributed by atoms with van der Waals surface area (Å²) in [5.74, 6) is -0.00206. The van der Waals surface area contributed by atoms with Crippen molar-refractivity contribution >= 4 is 28.8 Å². The summed E-state index contributed by atoms with van der Waals surface area (Å²) < 4.78 is 6.07. The van der Waals surface area contributed by atoms with Crippen molar-refractivity contribution in [3.8, 4) is 11.8 Å². The van der Waals surface area contributed by atoms with Crippen LogP contribution in [-0.2, 0) is 11.4 Å². The normalized spacial score (nSPS) is 16.9. The Morgan fingerprint density at radius 3 is 2.51 bits per heavy atom. The maximum absolute atomic E-state index is 13.6. The SMILES string of the molecule is Cc1ccc(OCc2cc(C3C(C#N)=C(N)N(c4ccc(Cl)cc4[N+](=O)[O-])C4=C3C(=O)CCC4)c(C)cc2C)cc1. The maximum atomic E-state index is 13.6. The fourth-order valence-electron chi connectivity index (χ4n) is 5.68. The van der Waals surface area contributed by atoms with Gasteiger partial charge in [0, 0.05) is 28.8 Å². The minimum atomic E-state index is -0.705. The fraction of sp³-hybridized carbons (Fsp3) is 0.250. The number of anilines is 1. The number of nitro groups is 1. The number of nitrogens with two attached hydrogens (primary N) is 1. The van der Waals surface area contributed by atoms with Gasteiger partial charge in [-0.1, -0.05) is 41.4 Å². The number of nitriles is 1. The standard InChI is InChI=1S/C32H29ClN4O4/c1-18-7-10-23(11-8-18)41-17-21-14-24(20(3)13-19(21)2)30-25(16-34)32(35)36(27-5-4-6-29(38)31(27)30)26-12-9-22(33)15-28(26)37(39)40/h7-15,30H,4-6,17,35H2,1-3H3. The molecule has 3 aromatic rings. The van der Waals surface area contributed by atoms with Gasteiger partial charge in [0.2, 0.25) is 0 Å². The third-order valence-corrected chi connectivity index (χ3v) is 7.97. The molecule has 0 bridgehead atoms. The van der Waals surface area contributed by atoms with Crippen LogP contribution in [0.25, 0.3) is 0 Å². The molecule has 0 fully saturated rings. The summed E-state index contributed by atoms with van der Waals surface area (Å²) >= 11 is 6.08. The molecule has 1 atom stereocenters. The third kappa shape index (κ3) is 5.17. The van der Waals surface area contributed by atoms with Crippen molar-refractivity contribution in [2.75, 3.05) is 4.90 Å². The Morgan fingerprint density at radius 2 is 1.83 bits per heavy atom. The zero-order chi connectivity index (χ0) is 29.4. The van der Waals surface area contributed by atoms with Crippen LogP contribution in [0.5, 0.6) is 5.75 Å². The largest absolute Gasteiger partial charge is 0.489 e. The van der Waals surface area contributed by atoms with E-state index in [4.69, 9.17) is 22.1 Å². The summed E-state index contributed by atoms with van der Waals surface area (Å²) in [4.78, 5) is 26.5. The van der Waals surface area contributed by atoms with Crippen LogP contribution in [0.15, 0.2) is 77.3 Å². The van der Waals surface area contributed by atoms with Crippen molar-refractivity contribution in [2.24, 2.45) is 5.73 Å². The molecular weight excluding hydrogens is 540 g/mol. The number of aryl methyl sites for hydroxylation is 3. The van der Waals surface area contributed by atoms with E-state index in [2.05, 4.69) is 6.07 Å². The van der Waals surface area contributed by atoms with E-state index >= 15 is 0 Å². The summed E-state index contributed by atoms with van der Waals surface area (Å²) in [6.45, 7) is 6.26. The maximum Gasteiger partial charge on any atom is 0.294 e. The molecule has 1 aliphatic heterocycles. The second kappa shape index (κ2) is 11.1. The van der Waals surface area contributed by atoms with Crippen molar-refractivity contribution in [3.63, 3.8) is 0 Å². The minimum Gasteiger partial charge on any atom is -0.489 e. The molecule has 0 aromatic heterocycles. The minimum absolute atomic E-state index is 0.0637. The molecule has 2 aliphatic rings. The average Bonchev–Trinajstić information content (AvgIpc) is 2.93. The van der Waals surface area contributed by atoms with Crippen LogP contribution in [0.4, 0.5) is 11.4 Å². The first-order chi connectivity index (χ1) is 19.6. The number of hydrogen-bond acceptors (Lipinski definition) is 7. The number of nitrogens with zero attached hydrogens (tertiary/aromatic N) is 3. The highest BCUT2D eigenvalue weighted by Crippen LogP contribution is 2.49. The highest BCUT2D eigenvalue weighted by molar-refractivity contribution is 6.31. The number of ketones is 1. The number of carbonyl (C=O) groups excluding carboxylic acids is 1. The number of benzene rings is 3. The summed E-state index contributed by atoms with van der Waals surface area (Å²) in [6, 6.07) is 18.3. The fourth-order valence-corrected chi connectivity index (χ4v) is 5.85. The number of ether oxygens (including phenoxy) is 1. The molecular formula is C32H29ClN4O4. The van der Waals surface area contributed by atoms with E-state index in [0.717, 1.165) is 33.6 Å². The van der Waals surface area contributed by atoms with Gasteiger partial charge in [-0.05, 0) is 80.1 Å². The summed E-state index contributed by atoms with van der Waals surface area (Å²) in [7, 11) is 0. The van der Waals surface area contributed by atoms with Gasteiger partial charge in [-0.25, -0.2) is 0 Å². The van der Waals surface area contributed by atoms with Crippen LogP contribution in [0, 0.1) is 42.2 Å². The summed E-state index contributed by atoms with van der Waals surface area (Å²) in [5.41, 5.74) is 12.5. The Balaban J connectivity index is 1.66. The Hall–Kier alpha value is -4.61. The van der Waals surface area contributed by atoms with Crippen LogP contribution < -0.4 is 15.4 Å². The molecule has 208 valence electrons. The van der Waals surface area contributed by atoms with Crippen LogP contribution in [-0.4, -0.2) is 10.7 Å². The van der Waals surface area contributed by atoms with E-state index in [-0.39, 0.29) is 33.6 Å². The van der Waals surface area contributed by atoms with Gasteiger partial charge >= 0.3 is 0 Å². The van der Waals surface area contributed by atoms with Gasteiger partial charge in [-0.3, -0.25) is 19.8 Å². The number of rotatable bonds is 6. The van der Waals surface area contributed by atoms with Crippen molar-refractivity contribution in [1.29, 1.82) is 5.26 Å².